The number of amides is 2. The van der Waals surface area contributed by atoms with Crippen molar-refractivity contribution in [1.82, 2.24) is 15.5 Å². The molecule has 2 N–H and O–H groups in total. The molecule has 1 aromatic rings. The fraction of sp³-hybridized carbons (Fsp3) is 0.579. The van der Waals surface area contributed by atoms with Crippen molar-refractivity contribution in [2.75, 3.05) is 32.8 Å². The number of hydrogen-bond donors (Lipinski definition) is 2. The van der Waals surface area contributed by atoms with Crippen LogP contribution in [0, 0.1) is 5.92 Å². The van der Waals surface area contributed by atoms with Crippen LogP contribution in [0.1, 0.15) is 31.1 Å². The van der Waals surface area contributed by atoms with Gasteiger partial charge in [0.1, 0.15) is 6.04 Å². The van der Waals surface area contributed by atoms with Crippen LogP contribution < -0.4 is 10.6 Å². The molecule has 0 aromatic heterocycles. The first-order chi connectivity index (χ1) is 12.4. The van der Waals surface area contributed by atoms with Crippen molar-refractivity contribution < 1.29 is 14.3 Å². The molecule has 2 rings (SSSR count). The van der Waals surface area contributed by atoms with Crippen LogP contribution in [0.5, 0.6) is 0 Å². The van der Waals surface area contributed by atoms with E-state index >= 15 is 0 Å². The molecule has 2 unspecified atom stereocenters. The van der Waals surface area contributed by atoms with Crippen molar-refractivity contribution in [3.63, 3.8) is 0 Å². The molecule has 1 aliphatic heterocycles. The van der Waals surface area contributed by atoms with Gasteiger partial charge in [-0.1, -0.05) is 25.4 Å². The van der Waals surface area contributed by atoms with Gasteiger partial charge in [0.15, 0.2) is 0 Å². The molecule has 6 nitrogen and oxygen atoms in total. The predicted octanol–water partition coefficient (Wildman–Crippen LogP) is 1.93. The Hall–Kier alpha value is -1.63. The lowest BCUT2D eigenvalue weighted by Crippen LogP contribution is -2.54. The Morgan fingerprint density at radius 3 is 2.31 bits per heavy atom. The fourth-order valence-corrected chi connectivity index (χ4v) is 3.04. The molecule has 0 saturated carbocycles. The maximum absolute atomic E-state index is 12.7. The van der Waals surface area contributed by atoms with Crippen LogP contribution in [-0.4, -0.2) is 61.6 Å². The monoisotopic (exact) mass is 381 g/mol. The molecular weight excluding hydrogens is 354 g/mol. The number of halogens is 1. The number of morpholine rings is 1. The number of carbonyl (C=O) groups excluding carboxylic acids is 2. The Labute approximate surface area is 160 Å². The number of rotatable bonds is 7. The maximum atomic E-state index is 12.7. The van der Waals surface area contributed by atoms with E-state index in [2.05, 4.69) is 15.5 Å². The standard InChI is InChI=1S/C19H28ClN3O3/c1-13(2)17(22-18(24)15-4-6-16(20)7-5-15)19(25)21-14(3)12-23-8-10-26-11-9-23/h4-7,13-14,17H,8-12H2,1-3H3,(H,21,25)(H,22,24). The summed E-state index contributed by atoms with van der Waals surface area (Å²) in [5.74, 6) is -0.471. The van der Waals surface area contributed by atoms with Gasteiger partial charge in [0.05, 0.1) is 13.2 Å². The first kappa shape index (κ1) is 20.7. The summed E-state index contributed by atoms with van der Waals surface area (Å²) in [6.07, 6.45) is 0. The van der Waals surface area contributed by atoms with Gasteiger partial charge in [-0.2, -0.15) is 0 Å². The SMILES string of the molecule is CC(CN1CCOCC1)NC(=O)C(NC(=O)c1ccc(Cl)cc1)C(C)C. The molecular formula is C19H28ClN3O3. The third-order valence-electron chi connectivity index (χ3n) is 4.37. The van der Waals surface area contributed by atoms with Gasteiger partial charge in [0.2, 0.25) is 5.91 Å². The first-order valence-corrected chi connectivity index (χ1v) is 9.41. The highest BCUT2D eigenvalue weighted by Gasteiger charge is 2.26. The second-order valence-corrected chi connectivity index (χ2v) is 7.46. The zero-order chi connectivity index (χ0) is 19.1. The van der Waals surface area contributed by atoms with E-state index in [1.165, 1.54) is 0 Å². The minimum atomic E-state index is -0.592. The van der Waals surface area contributed by atoms with E-state index in [9.17, 15) is 9.59 Å². The van der Waals surface area contributed by atoms with Gasteiger partial charge in [-0.15, -0.1) is 0 Å². The molecule has 0 spiro atoms. The summed E-state index contributed by atoms with van der Waals surface area (Å²) in [6, 6.07) is 6.01. The predicted molar refractivity (Wildman–Crippen MR) is 102 cm³/mol. The second-order valence-electron chi connectivity index (χ2n) is 7.02. The summed E-state index contributed by atoms with van der Waals surface area (Å²) in [4.78, 5) is 27.4. The van der Waals surface area contributed by atoms with E-state index in [-0.39, 0.29) is 23.8 Å². The van der Waals surface area contributed by atoms with E-state index in [1.807, 2.05) is 20.8 Å². The third kappa shape index (κ3) is 6.27. The Morgan fingerprint density at radius 2 is 1.73 bits per heavy atom. The molecule has 1 aliphatic rings. The van der Waals surface area contributed by atoms with Crippen molar-refractivity contribution in [1.29, 1.82) is 0 Å². The lowest BCUT2D eigenvalue weighted by atomic mass is 10.0. The molecule has 1 aromatic carbocycles. The molecule has 0 aliphatic carbocycles. The lowest BCUT2D eigenvalue weighted by Gasteiger charge is -2.30. The highest BCUT2D eigenvalue weighted by atomic mass is 35.5. The zero-order valence-electron chi connectivity index (χ0n) is 15.6. The van der Waals surface area contributed by atoms with E-state index in [4.69, 9.17) is 16.3 Å². The summed E-state index contributed by atoms with van der Waals surface area (Å²) >= 11 is 5.85. The molecule has 0 bridgehead atoms. The van der Waals surface area contributed by atoms with E-state index in [1.54, 1.807) is 24.3 Å². The largest absolute Gasteiger partial charge is 0.379 e. The Bertz CT molecular complexity index is 601. The van der Waals surface area contributed by atoms with Crippen molar-refractivity contribution >= 4 is 23.4 Å². The molecule has 1 heterocycles. The van der Waals surface area contributed by atoms with Crippen molar-refractivity contribution in [3.05, 3.63) is 34.9 Å². The van der Waals surface area contributed by atoms with Crippen LogP contribution >= 0.6 is 11.6 Å². The van der Waals surface area contributed by atoms with Gasteiger partial charge in [0.25, 0.3) is 5.91 Å². The van der Waals surface area contributed by atoms with Gasteiger partial charge in [0, 0.05) is 36.3 Å². The summed E-state index contributed by atoms with van der Waals surface area (Å²) in [7, 11) is 0. The highest BCUT2D eigenvalue weighted by Crippen LogP contribution is 2.11. The van der Waals surface area contributed by atoms with Crippen LogP contribution in [0.3, 0.4) is 0 Å². The molecule has 144 valence electrons. The van der Waals surface area contributed by atoms with Gasteiger partial charge in [-0.3, -0.25) is 14.5 Å². The van der Waals surface area contributed by atoms with Crippen LogP contribution in [0.2, 0.25) is 5.02 Å². The summed E-state index contributed by atoms with van der Waals surface area (Å²) in [5.41, 5.74) is 0.481. The Morgan fingerprint density at radius 1 is 1.12 bits per heavy atom. The number of nitrogens with one attached hydrogen (secondary N) is 2. The molecule has 1 fully saturated rings. The van der Waals surface area contributed by atoms with E-state index in [0.717, 1.165) is 32.8 Å². The molecule has 26 heavy (non-hydrogen) atoms. The third-order valence-corrected chi connectivity index (χ3v) is 4.62. The van der Waals surface area contributed by atoms with E-state index in [0.29, 0.717) is 10.6 Å². The number of nitrogens with zero attached hydrogens (tertiary/aromatic N) is 1. The highest BCUT2D eigenvalue weighted by molar-refractivity contribution is 6.30. The normalized spacial score (nSPS) is 17.6. The van der Waals surface area contributed by atoms with Crippen LogP contribution in [-0.2, 0) is 9.53 Å². The fourth-order valence-electron chi connectivity index (χ4n) is 2.91. The molecule has 2 atom stereocenters. The Balaban J connectivity index is 1.91. The van der Waals surface area contributed by atoms with Crippen LogP contribution in [0.4, 0.5) is 0 Å². The minimum Gasteiger partial charge on any atom is -0.379 e. The number of hydrogen-bond acceptors (Lipinski definition) is 4. The zero-order valence-corrected chi connectivity index (χ0v) is 16.4. The van der Waals surface area contributed by atoms with E-state index < -0.39 is 6.04 Å². The first-order valence-electron chi connectivity index (χ1n) is 9.03. The summed E-state index contributed by atoms with van der Waals surface area (Å²) < 4.78 is 5.34. The second kappa shape index (κ2) is 9.90. The molecule has 2 amide bonds. The average molecular weight is 382 g/mol. The molecule has 1 saturated heterocycles. The Kier molecular flexibility index (Phi) is 7.87. The lowest BCUT2D eigenvalue weighted by molar-refractivity contribution is -0.124. The molecule has 7 heteroatoms. The van der Waals surface area contributed by atoms with Gasteiger partial charge < -0.3 is 15.4 Å². The van der Waals surface area contributed by atoms with Gasteiger partial charge in [-0.25, -0.2) is 0 Å². The number of carbonyl (C=O) groups is 2. The van der Waals surface area contributed by atoms with Crippen LogP contribution in [0.15, 0.2) is 24.3 Å². The topological polar surface area (TPSA) is 70.7 Å². The summed E-state index contributed by atoms with van der Waals surface area (Å²) in [5, 5.41) is 6.42. The smallest absolute Gasteiger partial charge is 0.251 e. The number of ether oxygens (including phenoxy) is 1. The summed E-state index contributed by atoms with van der Waals surface area (Å²) in [6.45, 7) is 9.79. The number of benzene rings is 1. The minimum absolute atomic E-state index is 0.00529. The van der Waals surface area contributed by atoms with Crippen molar-refractivity contribution in [3.8, 4) is 0 Å². The van der Waals surface area contributed by atoms with Crippen molar-refractivity contribution in [2.24, 2.45) is 5.92 Å². The van der Waals surface area contributed by atoms with Crippen LogP contribution in [0.25, 0.3) is 0 Å². The van der Waals surface area contributed by atoms with Gasteiger partial charge >= 0.3 is 0 Å². The maximum Gasteiger partial charge on any atom is 0.251 e. The quantitative estimate of drug-likeness (QED) is 0.757. The van der Waals surface area contributed by atoms with Crippen molar-refractivity contribution in [2.45, 2.75) is 32.9 Å². The molecule has 0 radical (unpaired) electrons. The van der Waals surface area contributed by atoms with Gasteiger partial charge in [-0.05, 0) is 37.1 Å². The average Bonchev–Trinajstić information content (AvgIpc) is 2.60.